The second kappa shape index (κ2) is 4.47. The van der Waals surface area contributed by atoms with Crippen molar-refractivity contribution in [1.29, 1.82) is 0 Å². The van der Waals surface area contributed by atoms with E-state index in [-0.39, 0.29) is 6.10 Å². The first kappa shape index (κ1) is 10.7. The van der Waals surface area contributed by atoms with Crippen molar-refractivity contribution >= 4 is 11.6 Å². The van der Waals surface area contributed by atoms with Gasteiger partial charge in [-0.05, 0) is 37.1 Å². The summed E-state index contributed by atoms with van der Waals surface area (Å²) in [5, 5.41) is 4.64. The summed E-state index contributed by atoms with van der Waals surface area (Å²) < 4.78 is 10.7. The molecule has 1 fully saturated rings. The van der Waals surface area contributed by atoms with Crippen LogP contribution < -0.4 is 0 Å². The summed E-state index contributed by atoms with van der Waals surface area (Å²) in [6, 6.07) is 7.34. The summed E-state index contributed by atoms with van der Waals surface area (Å²) in [5.41, 5.74) is 0.891. The molecule has 0 amide bonds. The molecule has 1 unspecified atom stereocenters. The molecule has 0 spiro atoms. The molecule has 1 aromatic carbocycles. The summed E-state index contributed by atoms with van der Waals surface area (Å²) >= 11 is 5.82. The van der Waals surface area contributed by atoms with Crippen LogP contribution in [0.25, 0.3) is 11.4 Å². The zero-order valence-corrected chi connectivity index (χ0v) is 9.85. The molecular weight excluding hydrogens is 240 g/mol. The van der Waals surface area contributed by atoms with E-state index in [1.54, 1.807) is 12.1 Å². The summed E-state index contributed by atoms with van der Waals surface area (Å²) in [6.45, 7) is 0.767. The first-order valence-electron chi connectivity index (χ1n) is 5.54. The highest BCUT2D eigenvalue weighted by atomic mass is 35.5. The van der Waals surface area contributed by atoms with E-state index in [1.807, 2.05) is 12.1 Å². The van der Waals surface area contributed by atoms with Crippen LogP contribution in [-0.4, -0.2) is 16.7 Å². The Labute approximate surface area is 104 Å². The molecule has 4 nitrogen and oxygen atoms in total. The van der Waals surface area contributed by atoms with Crippen LogP contribution in [0.15, 0.2) is 28.8 Å². The van der Waals surface area contributed by atoms with E-state index < -0.39 is 0 Å². The van der Waals surface area contributed by atoms with Crippen LogP contribution in [0.2, 0.25) is 5.02 Å². The van der Waals surface area contributed by atoms with Gasteiger partial charge in [0, 0.05) is 17.2 Å². The van der Waals surface area contributed by atoms with Crippen LogP contribution in [0.3, 0.4) is 0 Å². The van der Waals surface area contributed by atoms with Gasteiger partial charge in [-0.3, -0.25) is 0 Å². The van der Waals surface area contributed by atoms with Crippen LogP contribution in [0.5, 0.6) is 0 Å². The van der Waals surface area contributed by atoms with Crippen LogP contribution in [0, 0.1) is 0 Å². The minimum Gasteiger partial charge on any atom is -0.368 e. The number of nitrogens with zero attached hydrogens (tertiary/aromatic N) is 2. The highest BCUT2D eigenvalue weighted by molar-refractivity contribution is 6.30. The number of halogens is 1. The number of ether oxygens (including phenoxy) is 1. The molecule has 88 valence electrons. The van der Waals surface area contributed by atoms with Crippen molar-refractivity contribution in [1.82, 2.24) is 10.1 Å². The third kappa shape index (κ3) is 2.18. The van der Waals surface area contributed by atoms with Crippen molar-refractivity contribution in [2.75, 3.05) is 6.61 Å². The van der Waals surface area contributed by atoms with Crippen LogP contribution in [0.4, 0.5) is 0 Å². The predicted molar refractivity (Wildman–Crippen MR) is 62.7 cm³/mol. The Balaban J connectivity index is 1.86. The summed E-state index contributed by atoms with van der Waals surface area (Å²) in [6.07, 6.45) is 1.95. The van der Waals surface area contributed by atoms with Gasteiger partial charge < -0.3 is 9.26 Å². The summed E-state index contributed by atoms with van der Waals surface area (Å²) in [5.74, 6) is 1.14. The number of hydrogen-bond donors (Lipinski definition) is 0. The molecule has 1 aliphatic rings. The minimum absolute atomic E-state index is 0.0384. The number of benzene rings is 1. The van der Waals surface area contributed by atoms with E-state index in [9.17, 15) is 0 Å². The first-order chi connectivity index (χ1) is 8.33. The fourth-order valence-corrected chi connectivity index (χ4v) is 1.98. The molecule has 17 heavy (non-hydrogen) atoms. The van der Waals surface area contributed by atoms with Gasteiger partial charge in [0.05, 0.1) is 0 Å². The second-order valence-corrected chi connectivity index (χ2v) is 4.40. The summed E-state index contributed by atoms with van der Waals surface area (Å²) in [7, 11) is 0. The van der Waals surface area contributed by atoms with E-state index in [0.717, 1.165) is 25.0 Å². The standard InChI is InChI=1S/C12H11ClN2O2/c13-9-5-3-8(4-6-9)11-14-12(17-15-11)10-2-1-7-16-10/h3-6,10H,1-2,7H2. The lowest BCUT2D eigenvalue weighted by molar-refractivity contribution is 0.0835. The van der Waals surface area contributed by atoms with Gasteiger partial charge in [-0.25, -0.2) is 0 Å². The van der Waals surface area contributed by atoms with Gasteiger partial charge in [-0.15, -0.1) is 0 Å². The zero-order chi connectivity index (χ0) is 11.7. The molecule has 0 aliphatic carbocycles. The van der Waals surface area contributed by atoms with Crippen LogP contribution in [-0.2, 0) is 4.74 Å². The smallest absolute Gasteiger partial charge is 0.256 e. The Hall–Kier alpha value is -1.39. The van der Waals surface area contributed by atoms with Crippen molar-refractivity contribution in [2.45, 2.75) is 18.9 Å². The van der Waals surface area contributed by atoms with Crippen molar-refractivity contribution in [3.05, 3.63) is 35.2 Å². The van der Waals surface area contributed by atoms with Gasteiger partial charge in [-0.2, -0.15) is 4.98 Å². The lowest BCUT2D eigenvalue weighted by Crippen LogP contribution is -1.95. The molecule has 2 heterocycles. The molecule has 1 atom stereocenters. The molecule has 0 bridgehead atoms. The molecular formula is C12H11ClN2O2. The maximum absolute atomic E-state index is 5.82. The average Bonchev–Trinajstić information content (AvgIpc) is 3.00. The number of rotatable bonds is 2. The Morgan fingerprint density at radius 2 is 2.06 bits per heavy atom. The number of aromatic nitrogens is 2. The zero-order valence-electron chi connectivity index (χ0n) is 9.10. The molecule has 0 saturated carbocycles. The first-order valence-corrected chi connectivity index (χ1v) is 5.92. The molecule has 0 N–H and O–H groups in total. The Morgan fingerprint density at radius 1 is 1.24 bits per heavy atom. The second-order valence-electron chi connectivity index (χ2n) is 3.96. The highest BCUT2D eigenvalue weighted by Gasteiger charge is 2.24. The van der Waals surface area contributed by atoms with Gasteiger partial charge in [0.15, 0.2) is 0 Å². The molecule has 1 aromatic heterocycles. The van der Waals surface area contributed by atoms with Gasteiger partial charge in [0.1, 0.15) is 6.10 Å². The third-order valence-corrected chi connectivity index (χ3v) is 3.00. The van der Waals surface area contributed by atoms with Crippen molar-refractivity contribution < 1.29 is 9.26 Å². The highest BCUT2D eigenvalue weighted by Crippen LogP contribution is 2.28. The third-order valence-electron chi connectivity index (χ3n) is 2.75. The molecule has 3 rings (SSSR count). The maximum Gasteiger partial charge on any atom is 0.256 e. The Kier molecular flexibility index (Phi) is 2.82. The Morgan fingerprint density at radius 3 is 2.76 bits per heavy atom. The SMILES string of the molecule is Clc1ccc(-c2noc(C3CCCO3)n2)cc1. The van der Waals surface area contributed by atoms with Crippen molar-refractivity contribution in [2.24, 2.45) is 0 Å². The van der Waals surface area contributed by atoms with E-state index >= 15 is 0 Å². The topological polar surface area (TPSA) is 48.2 Å². The number of hydrogen-bond acceptors (Lipinski definition) is 4. The van der Waals surface area contributed by atoms with Crippen molar-refractivity contribution in [3.63, 3.8) is 0 Å². The van der Waals surface area contributed by atoms with E-state index in [2.05, 4.69) is 10.1 Å². The quantitative estimate of drug-likeness (QED) is 0.821. The van der Waals surface area contributed by atoms with Gasteiger partial charge in [0.25, 0.3) is 5.89 Å². The van der Waals surface area contributed by atoms with Gasteiger partial charge in [0.2, 0.25) is 5.82 Å². The average molecular weight is 251 g/mol. The maximum atomic E-state index is 5.82. The fourth-order valence-electron chi connectivity index (χ4n) is 1.85. The van der Waals surface area contributed by atoms with Crippen LogP contribution >= 0.6 is 11.6 Å². The normalized spacial score (nSPS) is 19.7. The largest absolute Gasteiger partial charge is 0.368 e. The van der Waals surface area contributed by atoms with E-state index in [1.165, 1.54) is 0 Å². The van der Waals surface area contributed by atoms with Crippen LogP contribution in [0.1, 0.15) is 24.8 Å². The lowest BCUT2D eigenvalue weighted by Gasteiger charge is -2.00. The van der Waals surface area contributed by atoms with E-state index in [4.69, 9.17) is 20.9 Å². The molecule has 1 aliphatic heterocycles. The molecule has 1 saturated heterocycles. The lowest BCUT2D eigenvalue weighted by atomic mass is 10.2. The Bertz CT molecular complexity index is 503. The van der Waals surface area contributed by atoms with Gasteiger partial charge in [-0.1, -0.05) is 16.8 Å². The molecule has 2 aromatic rings. The molecule has 0 radical (unpaired) electrons. The minimum atomic E-state index is -0.0384. The van der Waals surface area contributed by atoms with Crippen molar-refractivity contribution in [3.8, 4) is 11.4 Å². The monoisotopic (exact) mass is 250 g/mol. The summed E-state index contributed by atoms with van der Waals surface area (Å²) in [4.78, 5) is 4.35. The van der Waals surface area contributed by atoms with Gasteiger partial charge >= 0.3 is 0 Å². The fraction of sp³-hybridized carbons (Fsp3) is 0.333. The van der Waals surface area contributed by atoms with E-state index in [0.29, 0.717) is 16.7 Å². The molecule has 5 heteroatoms. The predicted octanol–water partition coefficient (Wildman–Crippen LogP) is 3.24.